The number of benzene rings is 1. The van der Waals surface area contributed by atoms with E-state index in [-0.39, 0.29) is 5.78 Å². The van der Waals surface area contributed by atoms with Crippen LogP contribution >= 0.6 is 0 Å². The van der Waals surface area contributed by atoms with Crippen LogP contribution in [0.15, 0.2) is 54.4 Å². The van der Waals surface area contributed by atoms with E-state index >= 15 is 0 Å². The monoisotopic (exact) mass is 527 g/mol. The number of allylic oxidation sites excluding steroid dienone is 1. The molecule has 3 N–H and O–H groups in total. The van der Waals surface area contributed by atoms with E-state index in [1.807, 2.05) is 44.4 Å². The number of ketones is 1. The number of hydroxylamine groups is 1. The zero-order valence-corrected chi connectivity index (χ0v) is 22.4. The van der Waals surface area contributed by atoms with Crippen molar-refractivity contribution in [3.8, 4) is 0 Å². The summed E-state index contributed by atoms with van der Waals surface area (Å²) in [5.74, 6) is 1.54. The molecule has 1 aliphatic heterocycles. The van der Waals surface area contributed by atoms with Gasteiger partial charge in [-0.05, 0) is 62.1 Å². The molecule has 0 unspecified atom stereocenters. The molecule has 39 heavy (non-hydrogen) atoms. The first-order chi connectivity index (χ1) is 18.8. The fourth-order valence-corrected chi connectivity index (χ4v) is 5.33. The number of carbonyl (C=O) groups is 2. The second-order valence-corrected chi connectivity index (χ2v) is 10.2. The van der Waals surface area contributed by atoms with Crippen LogP contribution < -0.4 is 20.6 Å². The summed E-state index contributed by atoms with van der Waals surface area (Å²) in [6.45, 7) is 4.82. The van der Waals surface area contributed by atoms with Crippen LogP contribution in [0.4, 0.5) is 23.3 Å². The maximum Gasteiger partial charge on any atom is 0.274 e. The van der Waals surface area contributed by atoms with Crippen LogP contribution in [0.3, 0.4) is 0 Å². The molecule has 0 bridgehead atoms. The molecule has 1 aromatic carbocycles. The summed E-state index contributed by atoms with van der Waals surface area (Å²) in [6, 6.07) is 11.3. The first kappa shape index (κ1) is 26.3. The number of aromatic nitrogens is 3. The summed E-state index contributed by atoms with van der Waals surface area (Å²) < 4.78 is 0. The third-order valence-corrected chi connectivity index (χ3v) is 7.58. The second kappa shape index (κ2) is 11.2. The van der Waals surface area contributed by atoms with Crippen LogP contribution in [0.5, 0.6) is 0 Å². The lowest BCUT2D eigenvalue weighted by atomic mass is 9.94. The lowest BCUT2D eigenvalue weighted by Crippen LogP contribution is -2.39. The molecule has 0 atom stereocenters. The minimum Gasteiger partial charge on any atom is -0.369 e. The highest BCUT2D eigenvalue weighted by Gasteiger charge is 2.32. The zero-order valence-electron chi connectivity index (χ0n) is 22.4. The molecule has 1 fully saturated rings. The van der Waals surface area contributed by atoms with Crippen LogP contribution in [0.2, 0.25) is 0 Å². The number of nitrogens with zero attached hydrogens (tertiary/aromatic N) is 5. The minimum atomic E-state index is -0.538. The Hall–Kier alpha value is -4.31. The van der Waals surface area contributed by atoms with Crippen LogP contribution in [-0.2, 0) is 11.3 Å². The van der Waals surface area contributed by atoms with E-state index in [0.29, 0.717) is 36.5 Å². The molecule has 0 saturated heterocycles. The smallest absolute Gasteiger partial charge is 0.274 e. The van der Waals surface area contributed by atoms with Crippen molar-refractivity contribution in [1.82, 2.24) is 20.4 Å². The molecule has 10 nitrogen and oxygen atoms in total. The second-order valence-electron chi connectivity index (χ2n) is 10.2. The molecule has 3 heterocycles. The van der Waals surface area contributed by atoms with E-state index in [2.05, 4.69) is 25.1 Å². The van der Waals surface area contributed by atoms with Gasteiger partial charge in [-0.3, -0.25) is 14.8 Å². The van der Waals surface area contributed by atoms with E-state index in [9.17, 15) is 9.59 Å². The maximum atomic E-state index is 12.3. The fraction of sp³-hybridized carbons (Fsp3) is 0.345. The third-order valence-electron chi connectivity index (χ3n) is 7.58. The van der Waals surface area contributed by atoms with Gasteiger partial charge in [-0.1, -0.05) is 25.0 Å². The van der Waals surface area contributed by atoms with E-state index in [0.717, 1.165) is 46.6 Å². The molecule has 0 spiro atoms. The molecule has 202 valence electrons. The molecule has 1 saturated carbocycles. The molecule has 5 rings (SSSR count). The van der Waals surface area contributed by atoms with Gasteiger partial charge in [0.25, 0.3) is 5.91 Å². The summed E-state index contributed by atoms with van der Waals surface area (Å²) in [7, 11) is 1.97. The van der Waals surface area contributed by atoms with E-state index in [4.69, 9.17) is 10.2 Å². The first-order valence-electron chi connectivity index (χ1n) is 13.2. The Balaban J connectivity index is 1.30. The van der Waals surface area contributed by atoms with Crippen LogP contribution in [0.25, 0.3) is 5.57 Å². The molecule has 1 amide bonds. The highest BCUT2D eigenvalue weighted by molar-refractivity contribution is 6.04. The number of fused-ring (bicyclic) bond motifs is 1. The van der Waals surface area contributed by atoms with E-state index in [1.54, 1.807) is 30.7 Å². The van der Waals surface area contributed by atoms with Crippen LogP contribution in [-0.4, -0.2) is 51.5 Å². The highest BCUT2D eigenvalue weighted by atomic mass is 16.5. The fourth-order valence-electron chi connectivity index (χ4n) is 5.33. The average molecular weight is 528 g/mol. The number of carbonyl (C=O) groups excluding carboxylic acids is 2. The van der Waals surface area contributed by atoms with Gasteiger partial charge in [0, 0.05) is 49.1 Å². The molecule has 3 aromatic rings. The summed E-state index contributed by atoms with van der Waals surface area (Å²) in [5.41, 5.74) is 6.68. The number of hydrogen-bond acceptors (Lipinski definition) is 9. The Morgan fingerprint density at radius 3 is 2.46 bits per heavy atom. The Kier molecular flexibility index (Phi) is 7.56. The topological polar surface area (TPSA) is 124 Å². The number of Topliss-reactive ketones (excluding diaryl/α,β-unsaturated/α-hetero) is 1. The van der Waals surface area contributed by atoms with Gasteiger partial charge >= 0.3 is 0 Å². The Labute approximate surface area is 227 Å². The number of amides is 1. The number of rotatable bonds is 8. The van der Waals surface area contributed by atoms with Crippen molar-refractivity contribution in [3.63, 3.8) is 0 Å². The Morgan fingerprint density at radius 2 is 1.82 bits per heavy atom. The van der Waals surface area contributed by atoms with Gasteiger partial charge in [-0.25, -0.2) is 15.4 Å². The van der Waals surface area contributed by atoms with Gasteiger partial charge in [0.2, 0.25) is 5.95 Å². The summed E-state index contributed by atoms with van der Waals surface area (Å²) >= 11 is 0. The Morgan fingerprint density at radius 1 is 1.08 bits per heavy atom. The molecule has 10 heteroatoms. The normalized spacial score (nSPS) is 15.2. The predicted octanol–water partition coefficient (Wildman–Crippen LogP) is 4.50. The van der Waals surface area contributed by atoms with Crippen molar-refractivity contribution in [3.05, 3.63) is 71.1 Å². The van der Waals surface area contributed by atoms with Gasteiger partial charge < -0.3 is 15.1 Å². The number of pyridine rings is 1. The molecular weight excluding hydrogens is 494 g/mol. The lowest BCUT2D eigenvalue weighted by Gasteiger charge is -2.36. The number of anilines is 4. The van der Waals surface area contributed by atoms with Gasteiger partial charge in [-0.2, -0.15) is 4.98 Å². The first-order valence-corrected chi connectivity index (χ1v) is 13.2. The Bertz CT molecular complexity index is 1400. The van der Waals surface area contributed by atoms with Crippen molar-refractivity contribution in [1.29, 1.82) is 0 Å². The van der Waals surface area contributed by atoms with Gasteiger partial charge in [0.05, 0.1) is 11.9 Å². The van der Waals surface area contributed by atoms with Crippen molar-refractivity contribution in [2.75, 3.05) is 28.7 Å². The van der Waals surface area contributed by atoms with Crippen molar-refractivity contribution in [2.45, 2.75) is 52.1 Å². The summed E-state index contributed by atoms with van der Waals surface area (Å²) in [5, 5.41) is 12.0. The standard InChI is InChI=1S/C29H33N7O3/c1-18-24-15-31-29(33-27(24)36(17-25(18)19(2)37)22-6-4-5-7-22)32-26-13-12-23(14-30-26)35(3)16-20-8-10-21(11-9-20)28(38)34-39/h8-15,22,39H,4-7,16-17H2,1-3H3,(H,34,38)(H,30,31,32,33). The number of hydrogen-bond donors (Lipinski definition) is 3. The zero-order chi connectivity index (χ0) is 27.5. The molecular formula is C29H33N7O3. The average Bonchev–Trinajstić information content (AvgIpc) is 3.48. The lowest BCUT2D eigenvalue weighted by molar-refractivity contribution is -0.113. The van der Waals surface area contributed by atoms with Crippen molar-refractivity contribution >= 4 is 40.5 Å². The van der Waals surface area contributed by atoms with Gasteiger partial charge in [-0.15, -0.1) is 0 Å². The summed E-state index contributed by atoms with van der Waals surface area (Å²) in [4.78, 5) is 42.2. The van der Waals surface area contributed by atoms with Crippen molar-refractivity contribution < 1.29 is 14.8 Å². The predicted molar refractivity (Wildman–Crippen MR) is 150 cm³/mol. The van der Waals surface area contributed by atoms with Crippen LogP contribution in [0.1, 0.15) is 61.0 Å². The van der Waals surface area contributed by atoms with Crippen LogP contribution in [0, 0.1) is 0 Å². The summed E-state index contributed by atoms with van der Waals surface area (Å²) in [6.07, 6.45) is 8.19. The quantitative estimate of drug-likeness (QED) is 0.287. The molecule has 2 aromatic heterocycles. The molecule has 2 aliphatic rings. The number of nitrogens with one attached hydrogen (secondary N) is 2. The van der Waals surface area contributed by atoms with Gasteiger partial charge in [0.15, 0.2) is 5.78 Å². The maximum absolute atomic E-state index is 12.3. The molecule has 0 radical (unpaired) electrons. The van der Waals surface area contributed by atoms with Crippen molar-refractivity contribution in [2.24, 2.45) is 0 Å². The van der Waals surface area contributed by atoms with E-state index in [1.165, 1.54) is 12.8 Å². The largest absolute Gasteiger partial charge is 0.369 e. The van der Waals surface area contributed by atoms with E-state index < -0.39 is 5.91 Å². The SMILES string of the molecule is CC(=O)C1=C(C)c2cnc(Nc3ccc(N(C)Cc4ccc(C(=O)NO)cc4)cn3)nc2N(C2CCCC2)C1. The van der Waals surface area contributed by atoms with Gasteiger partial charge in [0.1, 0.15) is 11.6 Å². The highest BCUT2D eigenvalue weighted by Crippen LogP contribution is 2.38. The third kappa shape index (κ3) is 5.61. The minimum absolute atomic E-state index is 0.101. The molecule has 1 aliphatic carbocycles.